The first-order valence-electron chi connectivity index (χ1n) is 7.50. The van der Waals surface area contributed by atoms with E-state index in [1.54, 1.807) is 24.7 Å². The Labute approximate surface area is 136 Å². The van der Waals surface area contributed by atoms with E-state index < -0.39 is 10.0 Å². The predicted molar refractivity (Wildman–Crippen MR) is 90.7 cm³/mol. The van der Waals surface area contributed by atoms with Crippen molar-refractivity contribution in [1.82, 2.24) is 14.3 Å². The molecule has 0 aliphatic heterocycles. The molecule has 2 aromatic carbocycles. The van der Waals surface area contributed by atoms with Gasteiger partial charge in [-0.15, -0.1) is 0 Å². The van der Waals surface area contributed by atoms with Crippen LogP contribution in [-0.2, 0) is 16.6 Å². The summed E-state index contributed by atoms with van der Waals surface area (Å²) in [5, 5.41) is 1.97. The first kappa shape index (κ1) is 15.7. The SMILES string of the molecule is Cc1ccc2ccc(S(=O)(=O)NCCCn3ccnc3)cc2c1. The molecule has 0 fully saturated rings. The number of imidazole rings is 1. The van der Waals surface area contributed by atoms with Crippen LogP contribution in [-0.4, -0.2) is 24.5 Å². The molecule has 0 amide bonds. The van der Waals surface area contributed by atoms with Crippen molar-refractivity contribution >= 4 is 20.8 Å². The van der Waals surface area contributed by atoms with Crippen molar-refractivity contribution in [3.63, 3.8) is 0 Å². The van der Waals surface area contributed by atoms with Crippen molar-refractivity contribution in [3.8, 4) is 0 Å². The summed E-state index contributed by atoms with van der Waals surface area (Å²) in [6.45, 7) is 3.13. The molecule has 0 spiro atoms. The summed E-state index contributed by atoms with van der Waals surface area (Å²) in [4.78, 5) is 4.26. The van der Waals surface area contributed by atoms with Crippen LogP contribution in [0.2, 0.25) is 0 Å². The van der Waals surface area contributed by atoms with Crippen molar-refractivity contribution in [2.75, 3.05) is 6.54 Å². The molecule has 1 heterocycles. The van der Waals surface area contributed by atoms with Crippen molar-refractivity contribution in [2.45, 2.75) is 24.8 Å². The van der Waals surface area contributed by atoms with Gasteiger partial charge in [0.15, 0.2) is 0 Å². The van der Waals surface area contributed by atoms with Gasteiger partial charge < -0.3 is 4.57 Å². The highest BCUT2D eigenvalue weighted by atomic mass is 32.2. The Balaban J connectivity index is 1.69. The molecule has 5 nitrogen and oxygen atoms in total. The van der Waals surface area contributed by atoms with Crippen LogP contribution in [0.1, 0.15) is 12.0 Å². The van der Waals surface area contributed by atoms with Gasteiger partial charge in [-0.2, -0.15) is 0 Å². The zero-order valence-electron chi connectivity index (χ0n) is 12.9. The number of hydrogen-bond acceptors (Lipinski definition) is 3. The van der Waals surface area contributed by atoms with Crippen molar-refractivity contribution < 1.29 is 8.42 Å². The molecule has 0 saturated carbocycles. The van der Waals surface area contributed by atoms with Crippen LogP contribution < -0.4 is 4.72 Å². The molecule has 0 unspecified atom stereocenters. The second-order valence-electron chi connectivity index (χ2n) is 5.56. The molecule has 0 bridgehead atoms. The highest BCUT2D eigenvalue weighted by Crippen LogP contribution is 2.20. The Bertz CT molecular complexity index is 903. The zero-order chi connectivity index (χ0) is 16.3. The van der Waals surface area contributed by atoms with Crippen LogP contribution in [0.25, 0.3) is 10.8 Å². The average Bonchev–Trinajstić information content (AvgIpc) is 3.04. The Hall–Kier alpha value is -2.18. The minimum atomic E-state index is -3.48. The quantitative estimate of drug-likeness (QED) is 0.707. The van der Waals surface area contributed by atoms with Crippen LogP contribution in [0.5, 0.6) is 0 Å². The number of aryl methyl sites for hydroxylation is 2. The van der Waals surface area contributed by atoms with Crippen LogP contribution in [0.3, 0.4) is 0 Å². The van der Waals surface area contributed by atoms with Gasteiger partial charge >= 0.3 is 0 Å². The number of hydrogen-bond donors (Lipinski definition) is 1. The summed E-state index contributed by atoms with van der Waals surface area (Å²) in [5.41, 5.74) is 1.11. The van der Waals surface area contributed by atoms with Gasteiger partial charge in [-0.05, 0) is 36.2 Å². The molecule has 120 valence electrons. The van der Waals surface area contributed by atoms with E-state index in [1.165, 1.54) is 0 Å². The third-order valence-electron chi connectivity index (χ3n) is 3.72. The lowest BCUT2D eigenvalue weighted by Gasteiger charge is -2.08. The van der Waals surface area contributed by atoms with Crippen LogP contribution >= 0.6 is 0 Å². The first-order valence-corrected chi connectivity index (χ1v) is 8.99. The molecule has 0 saturated heterocycles. The van der Waals surface area contributed by atoms with E-state index in [0.717, 1.165) is 22.9 Å². The minimum Gasteiger partial charge on any atom is -0.337 e. The molecule has 0 aliphatic carbocycles. The van der Waals surface area contributed by atoms with E-state index in [9.17, 15) is 8.42 Å². The smallest absolute Gasteiger partial charge is 0.240 e. The second-order valence-corrected chi connectivity index (χ2v) is 7.33. The lowest BCUT2D eigenvalue weighted by molar-refractivity contribution is 0.570. The molecule has 1 aromatic heterocycles. The number of rotatable bonds is 6. The van der Waals surface area contributed by atoms with Crippen molar-refractivity contribution in [3.05, 3.63) is 60.7 Å². The van der Waals surface area contributed by atoms with Gasteiger partial charge in [0.1, 0.15) is 0 Å². The normalized spacial score (nSPS) is 11.9. The van der Waals surface area contributed by atoms with E-state index in [-0.39, 0.29) is 0 Å². The Morgan fingerprint density at radius 2 is 1.96 bits per heavy atom. The van der Waals surface area contributed by atoms with E-state index in [4.69, 9.17) is 0 Å². The molecule has 23 heavy (non-hydrogen) atoms. The van der Waals surface area contributed by atoms with Gasteiger partial charge in [0.05, 0.1) is 11.2 Å². The maximum atomic E-state index is 12.4. The highest BCUT2D eigenvalue weighted by molar-refractivity contribution is 7.89. The van der Waals surface area contributed by atoms with Gasteiger partial charge in [0.2, 0.25) is 10.0 Å². The molecular weight excluding hydrogens is 310 g/mol. The standard InChI is InChI=1S/C17H19N3O2S/c1-14-3-4-15-5-6-17(12-16(15)11-14)23(21,22)19-7-2-9-20-10-8-18-13-20/h3-6,8,10-13,19H,2,7,9H2,1H3. The maximum absolute atomic E-state index is 12.4. The molecule has 1 N–H and O–H groups in total. The third-order valence-corrected chi connectivity index (χ3v) is 5.18. The van der Waals surface area contributed by atoms with Crippen molar-refractivity contribution in [2.24, 2.45) is 0 Å². The van der Waals surface area contributed by atoms with Crippen LogP contribution in [0.4, 0.5) is 0 Å². The van der Waals surface area contributed by atoms with Gasteiger partial charge in [0.25, 0.3) is 0 Å². The van der Waals surface area contributed by atoms with Crippen molar-refractivity contribution in [1.29, 1.82) is 0 Å². The fourth-order valence-corrected chi connectivity index (χ4v) is 3.59. The molecule has 3 rings (SSSR count). The van der Waals surface area contributed by atoms with E-state index >= 15 is 0 Å². The molecule has 6 heteroatoms. The van der Waals surface area contributed by atoms with Gasteiger partial charge in [-0.1, -0.05) is 29.8 Å². The zero-order valence-corrected chi connectivity index (χ0v) is 13.8. The Morgan fingerprint density at radius 3 is 2.74 bits per heavy atom. The fraction of sp³-hybridized carbons (Fsp3) is 0.235. The van der Waals surface area contributed by atoms with E-state index in [2.05, 4.69) is 9.71 Å². The number of benzene rings is 2. The fourth-order valence-electron chi connectivity index (χ4n) is 2.48. The van der Waals surface area contributed by atoms with Crippen LogP contribution in [0, 0.1) is 6.92 Å². The third kappa shape index (κ3) is 3.78. The van der Waals surface area contributed by atoms with Crippen LogP contribution in [0.15, 0.2) is 60.0 Å². The summed E-state index contributed by atoms with van der Waals surface area (Å²) in [6.07, 6.45) is 6.00. The summed E-state index contributed by atoms with van der Waals surface area (Å²) in [5.74, 6) is 0. The second kappa shape index (κ2) is 6.52. The summed E-state index contributed by atoms with van der Waals surface area (Å²) in [7, 11) is -3.48. The predicted octanol–water partition coefficient (Wildman–Crippen LogP) is 2.71. The number of fused-ring (bicyclic) bond motifs is 1. The Morgan fingerprint density at radius 1 is 1.13 bits per heavy atom. The number of nitrogens with zero attached hydrogens (tertiary/aromatic N) is 2. The molecule has 3 aromatic rings. The number of sulfonamides is 1. The summed E-state index contributed by atoms with van der Waals surface area (Å²) >= 11 is 0. The molecule has 0 atom stereocenters. The number of nitrogens with one attached hydrogen (secondary N) is 1. The van der Waals surface area contributed by atoms with Gasteiger partial charge in [0, 0.05) is 25.5 Å². The highest BCUT2D eigenvalue weighted by Gasteiger charge is 2.13. The summed E-state index contributed by atoms with van der Waals surface area (Å²) in [6, 6.07) is 11.2. The summed E-state index contributed by atoms with van der Waals surface area (Å²) < 4.78 is 29.4. The topological polar surface area (TPSA) is 64.0 Å². The molecule has 0 radical (unpaired) electrons. The van der Waals surface area contributed by atoms with E-state index in [1.807, 2.05) is 42.0 Å². The maximum Gasteiger partial charge on any atom is 0.240 e. The first-order chi connectivity index (χ1) is 11.0. The van der Waals surface area contributed by atoms with Gasteiger partial charge in [-0.25, -0.2) is 18.1 Å². The molecule has 0 aliphatic rings. The largest absolute Gasteiger partial charge is 0.337 e. The lowest BCUT2D eigenvalue weighted by atomic mass is 10.1. The lowest BCUT2D eigenvalue weighted by Crippen LogP contribution is -2.25. The molecular formula is C17H19N3O2S. The minimum absolute atomic E-state index is 0.304. The Kier molecular flexibility index (Phi) is 4.45. The average molecular weight is 329 g/mol. The van der Waals surface area contributed by atoms with Gasteiger partial charge in [-0.3, -0.25) is 0 Å². The number of aromatic nitrogens is 2. The van der Waals surface area contributed by atoms with E-state index in [0.29, 0.717) is 17.9 Å². The monoisotopic (exact) mass is 329 g/mol.